The zero-order valence-corrected chi connectivity index (χ0v) is 21.2. The Bertz CT molecular complexity index is 1270. The standard InChI is InChI=1S/C28H31N3O6/c1-4-36-21-10-7-19(8-11-21)26(32)24-25(20-9-12-22(37-5-2)23(17-20)35-3)31(28(34)27(24)33)15-6-14-30-16-13-29-18-30/h7-13,16-18,25,32H,4-6,14-15H2,1-3H3/b26-24-. The van der Waals surface area contributed by atoms with Crippen LogP contribution in [0.5, 0.6) is 17.2 Å². The Morgan fingerprint density at radius 3 is 2.41 bits per heavy atom. The molecule has 0 aliphatic carbocycles. The Hall–Kier alpha value is -4.27. The van der Waals surface area contributed by atoms with Gasteiger partial charge in [0, 0.05) is 31.0 Å². The lowest BCUT2D eigenvalue weighted by molar-refractivity contribution is -0.139. The molecule has 9 heteroatoms. The number of Topliss-reactive ketones (excluding diaryl/α,β-unsaturated/α-hetero) is 1. The zero-order valence-electron chi connectivity index (χ0n) is 21.2. The van der Waals surface area contributed by atoms with Crippen LogP contribution in [-0.4, -0.2) is 58.1 Å². The highest BCUT2D eigenvalue weighted by Gasteiger charge is 2.46. The summed E-state index contributed by atoms with van der Waals surface area (Å²) >= 11 is 0. The van der Waals surface area contributed by atoms with Crippen molar-refractivity contribution in [2.45, 2.75) is 32.9 Å². The summed E-state index contributed by atoms with van der Waals surface area (Å²) in [6.07, 6.45) is 5.83. The SMILES string of the molecule is CCOc1ccc(/C(O)=C2/C(=O)C(=O)N(CCCn3ccnc3)C2c2ccc(OCC)c(OC)c2)cc1. The predicted octanol–water partition coefficient (Wildman–Crippen LogP) is 4.20. The lowest BCUT2D eigenvalue weighted by atomic mass is 9.95. The smallest absolute Gasteiger partial charge is 0.295 e. The Labute approximate surface area is 215 Å². The van der Waals surface area contributed by atoms with E-state index in [1.165, 1.54) is 12.0 Å². The van der Waals surface area contributed by atoms with Crippen molar-refractivity contribution in [1.82, 2.24) is 14.5 Å². The summed E-state index contributed by atoms with van der Waals surface area (Å²) in [5.74, 6) is 0.0488. The van der Waals surface area contributed by atoms with Crippen molar-refractivity contribution in [3.63, 3.8) is 0 Å². The molecule has 1 amide bonds. The van der Waals surface area contributed by atoms with Crippen LogP contribution in [0.3, 0.4) is 0 Å². The lowest BCUT2D eigenvalue weighted by Gasteiger charge is -2.26. The molecule has 0 radical (unpaired) electrons. The zero-order chi connectivity index (χ0) is 26.4. The molecule has 9 nitrogen and oxygen atoms in total. The second-order valence-corrected chi connectivity index (χ2v) is 8.45. The Morgan fingerprint density at radius 1 is 1.00 bits per heavy atom. The average molecular weight is 506 g/mol. The van der Waals surface area contributed by atoms with E-state index in [0.717, 1.165) is 0 Å². The number of ether oxygens (including phenoxy) is 3. The number of rotatable bonds is 11. The van der Waals surface area contributed by atoms with Gasteiger partial charge < -0.3 is 28.8 Å². The van der Waals surface area contributed by atoms with Crippen molar-refractivity contribution in [3.05, 3.63) is 77.9 Å². The number of aryl methyl sites for hydroxylation is 1. The molecule has 1 aliphatic rings. The molecule has 2 heterocycles. The molecule has 3 aromatic rings. The molecule has 1 atom stereocenters. The van der Waals surface area contributed by atoms with Gasteiger partial charge in [-0.1, -0.05) is 6.07 Å². The van der Waals surface area contributed by atoms with E-state index in [4.69, 9.17) is 14.2 Å². The first kappa shape index (κ1) is 25.8. The van der Waals surface area contributed by atoms with Crippen LogP contribution in [0.15, 0.2) is 66.8 Å². The summed E-state index contributed by atoms with van der Waals surface area (Å²) in [6.45, 7) is 5.66. The minimum absolute atomic E-state index is 0.0306. The van der Waals surface area contributed by atoms with Crippen molar-refractivity contribution >= 4 is 17.4 Å². The van der Waals surface area contributed by atoms with Crippen molar-refractivity contribution in [2.24, 2.45) is 0 Å². The molecule has 0 bridgehead atoms. The molecule has 194 valence electrons. The number of nitrogens with zero attached hydrogens (tertiary/aromatic N) is 3. The van der Waals surface area contributed by atoms with Crippen LogP contribution in [0.2, 0.25) is 0 Å². The molecule has 1 N–H and O–H groups in total. The Morgan fingerprint density at radius 2 is 1.76 bits per heavy atom. The van der Waals surface area contributed by atoms with Crippen LogP contribution < -0.4 is 14.2 Å². The molecule has 1 fully saturated rings. The number of likely N-dealkylation sites (tertiary alicyclic amines) is 1. The van der Waals surface area contributed by atoms with Crippen molar-refractivity contribution in [1.29, 1.82) is 0 Å². The van der Waals surface area contributed by atoms with E-state index in [2.05, 4.69) is 4.98 Å². The lowest BCUT2D eigenvalue weighted by Crippen LogP contribution is -2.31. The van der Waals surface area contributed by atoms with Crippen LogP contribution in [0, 0.1) is 0 Å². The Balaban J connectivity index is 1.75. The van der Waals surface area contributed by atoms with Gasteiger partial charge in [-0.25, -0.2) is 4.98 Å². The molecular weight excluding hydrogens is 474 g/mol. The van der Waals surface area contributed by atoms with Crippen molar-refractivity contribution in [2.75, 3.05) is 26.9 Å². The molecule has 0 spiro atoms. The van der Waals surface area contributed by atoms with Gasteiger partial charge in [0.15, 0.2) is 11.5 Å². The van der Waals surface area contributed by atoms with E-state index >= 15 is 0 Å². The number of carbonyl (C=O) groups excluding carboxylic acids is 2. The average Bonchev–Trinajstić information content (AvgIpc) is 3.52. The monoisotopic (exact) mass is 505 g/mol. The number of ketones is 1. The summed E-state index contributed by atoms with van der Waals surface area (Å²) < 4.78 is 18.6. The molecule has 1 saturated heterocycles. The van der Waals surface area contributed by atoms with E-state index in [1.807, 2.05) is 24.6 Å². The maximum Gasteiger partial charge on any atom is 0.295 e. The highest BCUT2D eigenvalue weighted by Crippen LogP contribution is 2.42. The van der Waals surface area contributed by atoms with Gasteiger partial charge in [-0.15, -0.1) is 0 Å². The summed E-state index contributed by atoms with van der Waals surface area (Å²) in [4.78, 5) is 32.1. The molecule has 1 aliphatic heterocycles. The van der Waals surface area contributed by atoms with Crippen LogP contribution in [0.4, 0.5) is 0 Å². The number of imidazole rings is 1. The highest BCUT2D eigenvalue weighted by molar-refractivity contribution is 6.46. The maximum atomic E-state index is 13.3. The van der Waals surface area contributed by atoms with Gasteiger partial charge in [0.2, 0.25) is 0 Å². The van der Waals surface area contributed by atoms with E-state index in [0.29, 0.717) is 61.1 Å². The fraction of sp³-hybridized carbons (Fsp3) is 0.321. The third kappa shape index (κ3) is 5.45. The molecule has 4 rings (SSSR count). The van der Waals surface area contributed by atoms with Gasteiger partial charge in [0.1, 0.15) is 11.5 Å². The fourth-order valence-electron chi connectivity index (χ4n) is 4.46. The predicted molar refractivity (Wildman–Crippen MR) is 138 cm³/mol. The normalized spacial score (nSPS) is 16.7. The first-order valence-electron chi connectivity index (χ1n) is 12.3. The van der Waals surface area contributed by atoms with Crippen molar-refractivity contribution in [3.8, 4) is 17.2 Å². The van der Waals surface area contributed by atoms with Gasteiger partial charge in [-0.05, 0) is 62.2 Å². The summed E-state index contributed by atoms with van der Waals surface area (Å²) in [5, 5.41) is 11.3. The first-order valence-corrected chi connectivity index (χ1v) is 12.3. The molecule has 1 unspecified atom stereocenters. The number of aromatic nitrogens is 2. The van der Waals surface area contributed by atoms with E-state index < -0.39 is 17.7 Å². The van der Waals surface area contributed by atoms with E-state index in [-0.39, 0.29) is 11.3 Å². The van der Waals surface area contributed by atoms with Gasteiger partial charge >= 0.3 is 0 Å². The molecular formula is C28H31N3O6. The minimum atomic E-state index is -0.793. The fourth-order valence-corrected chi connectivity index (χ4v) is 4.46. The second-order valence-electron chi connectivity index (χ2n) is 8.45. The summed E-state index contributed by atoms with van der Waals surface area (Å²) in [7, 11) is 1.53. The van der Waals surface area contributed by atoms with Crippen LogP contribution in [0.1, 0.15) is 37.4 Å². The number of amides is 1. The van der Waals surface area contributed by atoms with Gasteiger partial charge in [-0.2, -0.15) is 0 Å². The van der Waals surface area contributed by atoms with Gasteiger partial charge in [0.05, 0.1) is 38.3 Å². The molecule has 2 aromatic carbocycles. The largest absolute Gasteiger partial charge is 0.507 e. The minimum Gasteiger partial charge on any atom is -0.507 e. The summed E-state index contributed by atoms with van der Waals surface area (Å²) in [5.41, 5.74) is 1.08. The second kappa shape index (κ2) is 11.6. The Kier molecular flexibility index (Phi) is 8.12. The third-order valence-corrected chi connectivity index (χ3v) is 6.16. The molecule has 0 saturated carbocycles. The summed E-state index contributed by atoms with van der Waals surface area (Å²) in [6, 6.07) is 11.3. The van der Waals surface area contributed by atoms with Crippen molar-refractivity contribution < 1.29 is 28.9 Å². The highest BCUT2D eigenvalue weighted by atomic mass is 16.5. The first-order chi connectivity index (χ1) is 18.0. The number of methoxy groups -OCH3 is 1. The number of hydrogen-bond acceptors (Lipinski definition) is 7. The van der Waals surface area contributed by atoms with Crippen LogP contribution in [0.25, 0.3) is 5.76 Å². The number of benzene rings is 2. The van der Waals surface area contributed by atoms with Crippen LogP contribution in [-0.2, 0) is 16.1 Å². The quantitative estimate of drug-likeness (QED) is 0.237. The number of hydrogen-bond donors (Lipinski definition) is 1. The van der Waals surface area contributed by atoms with Gasteiger partial charge in [0.25, 0.3) is 11.7 Å². The van der Waals surface area contributed by atoms with Crippen LogP contribution >= 0.6 is 0 Å². The maximum absolute atomic E-state index is 13.3. The van der Waals surface area contributed by atoms with E-state index in [9.17, 15) is 14.7 Å². The molecule has 1 aromatic heterocycles. The van der Waals surface area contributed by atoms with Gasteiger partial charge in [-0.3, -0.25) is 9.59 Å². The number of carbonyl (C=O) groups is 2. The van der Waals surface area contributed by atoms with E-state index in [1.54, 1.807) is 55.0 Å². The topological polar surface area (TPSA) is 103 Å². The number of aliphatic hydroxyl groups is 1. The molecule has 37 heavy (non-hydrogen) atoms. The third-order valence-electron chi connectivity index (χ3n) is 6.16. The number of aliphatic hydroxyl groups excluding tert-OH is 1.